The molecule has 0 aromatic heterocycles. The Labute approximate surface area is 440 Å². The second-order valence-corrected chi connectivity index (χ2v) is 22.7. The number of allylic oxidation sites excluding steroid dienone is 2. The first-order valence-electron chi connectivity index (χ1n) is 32.5. The predicted octanol–water partition coefficient (Wildman–Crippen LogP) is 20.6. The van der Waals surface area contributed by atoms with Gasteiger partial charge in [-0.05, 0) is 38.5 Å². The number of hydrogen-bond donors (Lipinski definition) is 4. The van der Waals surface area contributed by atoms with E-state index in [4.69, 9.17) is 0 Å². The Hall–Kier alpha value is -0.910. The van der Waals surface area contributed by atoms with Gasteiger partial charge in [-0.3, -0.25) is 4.79 Å². The quantitative estimate of drug-likeness (QED) is 0.0361. The number of unbranched alkanes of at least 4 members (excludes halogenated alkanes) is 50. The van der Waals surface area contributed by atoms with Gasteiger partial charge in [-0.25, -0.2) is 0 Å². The summed E-state index contributed by atoms with van der Waals surface area (Å²) in [6.07, 6.45) is 76.9. The van der Waals surface area contributed by atoms with Crippen LogP contribution in [-0.2, 0) is 4.79 Å². The molecule has 0 aromatic rings. The second-order valence-electron chi connectivity index (χ2n) is 22.7. The first kappa shape index (κ1) is 69.1. The van der Waals surface area contributed by atoms with Crippen LogP contribution < -0.4 is 5.32 Å². The van der Waals surface area contributed by atoms with Gasteiger partial charge in [0.2, 0.25) is 5.91 Å². The predicted molar refractivity (Wildman–Crippen MR) is 310 cm³/mol. The molecular formula is C65H129NO4. The Morgan fingerprint density at radius 1 is 0.343 bits per heavy atom. The van der Waals surface area contributed by atoms with Gasteiger partial charge in [-0.2, -0.15) is 0 Å². The molecule has 70 heavy (non-hydrogen) atoms. The molecule has 0 aliphatic rings. The maximum atomic E-state index is 12.6. The van der Waals surface area contributed by atoms with Crippen molar-refractivity contribution in [2.75, 3.05) is 6.61 Å². The van der Waals surface area contributed by atoms with Gasteiger partial charge < -0.3 is 20.6 Å². The number of carbonyl (C=O) groups is 1. The third kappa shape index (κ3) is 56.4. The lowest BCUT2D eigenvalue weighted by molar-refractivity contribution is -0.125. The molecule has 0 saturated carbocycles. The highest BCUT2D eigenvalue weighted by atomic mass is 16.3. The fourth-order valence-electron chi connectivity index (χ4n) is 10.6. The summed E-state index contributed by atoms with van der Waals surface area (Å²) in [4.78, 5) is 12.6. The molecular weight excluding hydrogens is 859 g/mol. The van der Waals surface area contributed by atoms with Crippen molar-refractivity contribution in [2.45, 2.75) is 392 Å². The van der Waals surface area contributed by atoms with Crippen LogP contribution in [0.1, 0.15) is 373 Å². The highest BCUT2D eigenvalue weighted by Crippen LogP contribution is 2.19. The van der Waals surface area contributed by atoms with E-state index < -0.39 is 18.2 Å². The molecule has 3 atom stereocenters. The molecule has 3 unspecified atom stereocenters. The van der Waals surface area contributed by atoms with Crippen LogP contribution >= 0.6 is 0 Å². The zero-order valence-electron chi connectivity index (χ0n) is 47.9. The van der Waals surface area contributed by atoms with E-state index in [1.165, 1.54) is 315 Å². The van der Waals surface area contributed by atoms with Crippen LogP contribution in [0.25, 0.3) is 0 Å². The maximum Gasteiger partial charge on any atom is 0.222 e. The summed E-state index contributed by atoms with van der Waals surface area (Å²) in [5.41, 5.74) is 0. The Kier molecular flexibility index (Phi) is 59.9. The Morgan fingerprint density at radius 3 is 0.829 bits per heavy atom. The van der Waals surface area contributed by atoms with Crippen molar-refractivity contribution in [2.24, 2.45) is 0 Å². The lowest BCUT2D eigenvalue weighted by Gasteiger charge is -2.23. The molecule has 0 radical (unpaired) electrons. The molecule has 0 rings (SSSR count). The summed E-state index contributed by atoms with van der Waals surface area (Å²) in [5, 5.41) is 33.8. The number of rotatable bonds is 61. The van der Waals surface area contributed by atoms with Gasteiger partial charge in [0.05, 0.1) is 31.3 Å². The van der Waals surface area contributed by atoms with Gasteiger partial charge in [-0.1, -0.05) is 341 Å². The van der Waals surface area contributed by atoms with Crippen LogP contribution in [0.15, 0.2) is 12.2 Å². The van der Waals surface area contributed by atoms with Crippen LogP contribution in [0.2, 0.25) is 0 Å². The lowest BCUT2D eigenvalue weighted by Crippen LogP contribution is -2.46. The number of nitrogens with one attached hydrogen (secondary N) is 1. The topological polar surface area (TPSA) is 89.8 Å². The lowest BCUT2D eigenvalue weighted by atomic mass is 10.0. The molecule has 0 bridgehead atoms. The first-order chi connectivity index (χ1) is 34.5. The van der Waals surface area contributed by atoms with E-state index in [2.05, 4.69) is 31.3 Å². The third-order valence-corrected chi connectivity index (χ3v) is 15.6. The summed E-state index contributed by atoms with van der Waals surface area (Å²) in [6.45, 7) is 4.32. The molecule has 0 aliphatic heterocycles. The average molecular weight is 989 g/mol. The maximum absolute atomic E-state index is 12.6. The van der Waals surface area contributed by atoms with Gasteiger partial charge >= 0.3 is 0 Å². The SMILES string of the molecule is CCCCCCCCCCCCCC/C=C\CCCCCCCCCCCCCCCCCC(O)CC(=O)NC(CO)C(O)CCCCCCCCCCCCCCCCCCCCCCCCCC. The zero-order chi connectivity index (χ0) is 50.7. The number of aliphatic hydroxyl groups is 3. The number of aliphatic hydroxyl groups excluding tert-OH is 3. The van der Waals surface area contributed by atoms with Crippen molar-refractivity contribution < 1.29 is 20.1 Å². The molecule has 418 valence electrons. The van der Waals surface area contributed by atoms with E-state index >= 15 is 0 Å². The van der Waals surface area contributed by atoms with Crippen LogP contribution in [0, 0.1) is 0 Å². The molecule has 5 heteroatoms. The van der Waals surface area contributed by atoms with E-state index in [-0.39, 0.29) is 18.9 Å². The van der Waals surface area contributed by atoms with E-state index in [9.17, 15) is 20.1 Å². The third-order valence-electron chi connectivity index (χ3n) is 15.6. The van der Waals surface area contributed by atoms with Gasteiger partial charge in [0.25, 0.3) is 0 Å². The van der Waals surface area contributed by atoms with Crippen molar-refractivity contribution in [3.8, 4) is 0 Å². The van der Waals surface area contributed by atoms with Crippen molar-refractivity contribution in [1.29, 1.82) is 0 Å². The molecule has 1 amide bonds. The first-order valence-corrected chi connectivity index (χ1v) is 32.5. The molecule has 0 saturated heterocycles. The van der Waals surface area contributed by atoms with Crippen LogP contribution in [0.3, 0.4) is 0 Å². The largest absolute Gasteiger partial charge is 0.394 e. The highest BCUT2D eigenvalue weighted by Gasteiger charge is 2.21. The minimum Gasteiger partial charge on any atom is -0.394 e. The minimum absolute atomic E-state index is 0.0415. The zero-order valence-corrected chi connectivity index (χ0v) is 47.9. The Balaban J connectivity index is 3.46. The fourth-order valence-corrected chi connectivity index (χ4v) is 10.6. The molecule has 0 aromatic carbocycles. The fraction of sp³-hybridized carbons (Fsp3) is 0.954. The monoisotopic (exact) mass is 988 g/mol. The second kappa shape index (κ2) is 60.6. The number of hydrogen-bond acceptors (Lipinski definition) is 4. The molecule has 0 fully saturated rings. The normalized spacial score (nSPS) is 13.2. The summed E-state index contributed by atoms with van der Waals surface area (Å²) in [5.74, 6) is -0.274. The summed E-state index contributed by atoms with van der Waals surface area (Å²) >= 11 is 0. The van der Waals surface area contributed by atoms with E-state index in [0.717, 1.165) is 25.7 Å². The molecule has 0 heterocycles. The van der Waals surface area contributed by atoms with Crippen LogP contribution in [0.4, 0.5) is 0 Å². The molecule has 0 spiro atoms. The van der Waals surface area contributed by atoms with Gasteiger partial charge in [0.15, 0.2) is 0 Å². The minimum atomic E-state index is -0.748. The van der Waals surface area contributed by atoms with E-state index in [1.54, 1.807) is 0 Å². The number of amides is 1. The highest BCUT2D eigenvalue weighted by molar-refractivity contribution is 5.76. The smallest absolute Gasteiger partial charge is 0.222 e. The van der Waals surface area contributed by atoms with E-state index in [1.807, 2.05) is 0 Å². The molecule has 0 aliphatic carbocycles. The summed E-state index contributed by atoms with van der Waals surface area (Å²) in [7, 11) is 0. The van der Waals surface area contributed by atoms with Gasteiger partial charge in [0, 0.05) is 0 Å². The summed E-state index contributed by atoms with van der Waals surface area (Å²) < 4.78 is 0. The van der Waals surface area contributed by atoms with Gasteiger partial charge in [-0.15, -0.1) is 0 Å². The Bertz CT molecular complexity index is 1000. The van der Waals surface area contributed by atoms with Gasteiger partial charge in [0.1, 0.15) is 0 Å². The van der Waals surface area contributed by atoms with Crippen LogP contribution in [-0.4, -0.2) is 46.1 Å². The van der Waals surface area contributed by atoms with Crippen molar-refractivity contribution in [1.82, 2.24) is 5.32 Å². The number of carbonyl (C=O) groups excluding carboxylic acids is 1. The average Bonchev–Trinajstić information content (AvgIpc) is 3.36. The van der Waals surface area contributed by atoms with E-state index in [0.29, 0.717) is 12.8 Å². The molecule has 5 nitrogen and oxygen atoms in total. The molecule has 4 N–H and O–H groups in total. The van der Waals surface area contributed by atoms with Crippen molar-refractivity contribution in [3.63, 3.8) is 0 Å². The van der Waals surface area contributed by atoms with Crippen molar-refractivity contribution >= 4 is 5.91 Å². The van der Waals surface area contributed by atoms with Crippen LogP contribution in [0.5, 0.6) is 0 Å². The van der Waals surface area contributed by atoms with Crippen molar-refractivity contribution in [3.05, 3.63) is 12.2 Å². The standard InChI is InChI=1S/C65H129NO4/c1-3-5-7-9-11-13-15-17-19-21-23-25-27-29-30-31-32-33-34-35-36-38-40-42-44-46-48-50-52-54-56-58-62(68)60-65(70)66-63(61-67)64(69)59-57-55-53-51-49-47-45-43-41-39-37-28-26-24-22-20-18-16-14-12-10-8-6-4-2/h29-30,62-64,67-69H,3-28,31-61H2,1-2H3,(H,66,70)/b30-29-. The summed E-state index contributed by atoms with van der Waals surface area (Å²) in [6, 6.07) is -0.657. The Morgan fingerprint density at radius 2 is 0.571 bits per heavy atom.